The van der Waals surface area contributed by atoms with Gasteiger partial charge < -0.3 is 34.9 Å². The van der Waals surface area contributed by atoms with Gasteiger partial charge in [0.15, 0.2) is 5.43 Å². The number of nitrogens with two attached hydrogens (primary N) is 1. The molecule has 0 bridgehead atoms. The van der Waals surface area contributed by atoms with Crippen LogP contribution in [-0.4, -0.2) is 40.7 Å². The molecule has 0 saturated carbocycles. The number of aliphatic hydroxyl groups excluding tert-OH is 2. The predicted molar refractivity (Wildman–Crippen MR) is 133 cm³/mol. The number of hydrogen-bond acceptors (Lipinski definition) is 8. The smallest absolute Gasteiger partial charge is 0.196 e. The molecular weight excluding hydrogens is 450 g/mol. The molecule has 5 N–H and O–H groups in total. The topological polar surface area (TPSA) is 135 Å². The number of fused-ring (bicyclic) bond motifs is 2. The Morgan fingerprint density at radius 2 is 2.03 bits per heavy atom. The predicted octanol–water partition coefficient (Wildman–Crippen LogP) is 3.40. The molecule has 0 radical (unpaired) electrons. The minimum atomic E-state index is -0.929. The molecule has 35 heavy (non-hydrogen) atoms. The fourth-order valence-corrected chi connectivity index (χ4v) is 4.57. The van der Waals surface area contributed by atoms with Crippen LogP contribution in [0, 0.1) is 0 Å². The minimum absolute atomic E-state index is 0.0145. The Balaban J connectivity index is 1.63. The van der Waals surface area contributed by atoms with Gasteiger partial charge in [0.25, 0.3) is 0 Å². The van der Waals surface area contributed by atoms with Crippen LogP contribution in [0.2, 0.25) is 0 Å². The zero-order valence-corrected chi connectivity index (χ0v) is 20.3. The molecule has 4 rings (SSSR count). The number of benzene rings is 2. The number of anilines is 1. The van der Waals surface area contributed by atoms with Crippen LogP contribution in [0.4, 0.5) is 5.69 Å². The highest BCUT2D eigenvalue weighted by molar-refractivity contribution is 5.87. The van der Waals surface area contributed by atoms with E-state index in [4.69, 9.17) is 19.6 Å². The minimum Gasteiger partial charge on any atom is -0.507 e. The molecule has 0 aliphatic carbocycles. The number of phenolic OH excluding ortho intramolecular Hbond substituents is 1. The lowest BCUT2D eigenvalue weighted by Gasteiger charge is -2.40. The molecule has 8 heteroatoms. The maximum Gasteiger partial charge on any atom is 0.196 e. The Hall–Kier alpha value is -3.07. The Morgan fingerprint density at radius 3 is 2.74 bits per heavy atom. The third kappa shape index (κ3) is 4.87. The molecule has 0 amide bonds. The molecular formula is C27H33NO7. The van der Waals surface area contributed by atoms with Gasteiger partial charge >= 0.3 is 0 Å². The van der Waals surface area contributed by atoms with Crippen molar-refractivity contribution in [2.75, 3.05) is 19.5 Å². The summed E-state index contributed by atoms with van der Waals surface area (Å²) in [4.78, 5) is 12.7. The maximum atomic E-state index is 12.7. The fraction of sp³-hybridized carbons (Fsp3) is 0.444. The highest BCUT2D eigenvalue weighted by atomic mass is 16.5. The summed E-state index contributed by atoms with van der Waals surface area (Å²) in [7, 11) is 1.65. The van der Waals surface area contributed by atoms with E-state index in [-0.39, 0.29) is 28.9 Å². The highest BCUT2D eigenvalue weighted by Gasteiger charge is 2.41. The molecule has 188 valence electrons. The van der Waals surface area contributed by atoms with Crippen LogP contribution >= 0.6 is 0 Å². The summed E-state index contributed by atoms with van der Waals surface area (Å²) in [5, 5.41) is 32.0. The van der Waals surface area contributed by atoms with E-state index in [1.807, 2.05) is 19.1 Å². The Labute approximate surface area is 203 Å². The molecule has 3 atom stereocenters. The maximum absolute atomic E-state index is 12.7. The van der Waals surface area contributed by atoms with E-state index < -0.39 is 23.2 Å². The second-order valence-corrected chi connectivity index (χ2v) is 9.42. The molecule has 8 nitrogen and oxygen atoms in total. The first-order valence-corrected chi connectivity index (χ1v) is 11.9. The SMILES string of the molecule is CC[C@@H](O)c1cc(=O)c2c(O)c3c(cc2o1)O[C@@](C)(CCc1ccc(N)c(CCOC)c1)[C@H](O)C3. The van der Waals surface area contributed by atoms with Gasteiger partial charge in [-0.15, -0.1) is 0 Å². The number of aliphatic hydroxyl groups is 2. The number of aryl methyl sites for hydroxylation is 1. The molecule has 1 aliphatic heterocycles. The Kier molecular flexibility index (Phi) is 7.07. The van der Waals surface area contributed by atoms with Crippen LogP contribution in [0.3, 0.4) is 0 Å². The molecule has 1 aliphatic rings. The van der Waals surface area contributed by atoms with Gasteiger partial charge in [-0.1, -0.05) is 19.1 Å². The van der Waals surface area contributed by atoms with Gasteiger partial charge in [0.1, 0.15) is 39.9 Å². The van der Waals surface area contributed by atoms with Crippen LogP contribution in [0.5, 0.6) is 11.5 Å². The highest BCUT2D eigenvalue weighted by Crippen LogP contribution is 2.43. The van der Waals surface area contributed by atoms with Crippen molar-refractivity contribution in [3.63, 3.8) is 0 Å². The third-order valence-corrected chi connectivity index (χ3v) is 6.93. The number of aromatic hydroxyl groups is 1. The lowest BCUT2D eigenvalue weighted by Crippen LogP contribution is -2.49. The summed E-state index contributed by atoms with van der Waals surface area (Å²) < 4.78 is 17.2. The summed E-state index contributed by atoms with van der Waals surface area (Å²) in [5.74, 6) is 0.231. The van der Waals surface area contributed by atoms with Crippen molar-refractivity contribution in [3.8, 4) is 11.5 Å². The largest absolute Gasteiger partial charge is 0.507 e. The summed E-state index contributed by atoms with van der Waals surface area (Å²) >= 11 is 0. The molecule has 0 unspecified atom stereocenters. The van der Waals surface area contributed by atoms with Crippen molar-refractivity contribution in [1.29, 1.82) is 0 Å². The molecule has 3 aromatic rings. The third-order valence-electron chi connectivity index (χ3n) is 6.93. The van der Waals surface area contributed by atoms with Crippen LogP contribution in [0.25, 0.3) is 11.0 Å². The molecule has 0 saturated heterocycles. The van der Waals surface area contributed by atoms with E-state index >= 15 is 0 Å². The molecule has 1 aromatic heterocycles. The zero-order chi connectivity index (χ0) is 25.3. The first-order chi connectivity index (χ1) is 16.7. The van der Waals surface area contributed by atoms with Crippen LogP contribution in [-0.2, 0) is 24.0 Å². The zero-order valence-electron chi connectivity index (χ0n) is 20.3. The first kappa shape index (κ1) is 25.0. The van der Waals surface area contributed by atoms with Gasteiger partial charge in [0.05, 0.1) is 12.7 Å². The van der Waals surface area contributed by atoms with Gasteiger partial charge in [0, 0.05) is 36.9 Å². The van der Waals surface area contributed by atoms with E-state index in [1.165, 1.54) is 6.07 Å². The van der Waals surface area contributed by atoms with E-state index in [2.05, 4.69) is 6.07 Å². The Morgan fingerprint density at radius 1 is 1.26 bits per heavy atom. The summed E-state index contributed by atoms with van der Waals surface area (Å²) in [6, 6.07) is 8.65. The monoisotopic (exact) mass is 483 g/mol. The van der Waals surface area contributed by atoms with Gasteiger partial charge in [-0.25, -0.2) is 0 Å². The molecule has 0 fully saturated rings. The number of hydrogen-bond donors (Lipinski definition) is 4. The van der Waals surface area contributed by atoms with Crippen molar-refractivity contribution in [3.05, 3.63) is 63.0 Å². The quantitative estimate of drug-likeness (QED) is 0.358. The first-order valence-electron chi connectivity index (χ1n) is 11.9. The second-order valence-electron chi connectivity index (χ2n) is 9.42. The number of phenols is 1. The fourth-order valence-electron chi connectivity index (χ4n) is 4.57. The van der Waals surface area contributed by atoms with Crippen molar-refractivity contribution in [2.24, 2.45) is 0 Å². The van der Waals surface area contributed by atoms with Gasteiger partial charge in [0.2, 0.25) is 0 Å². The van der Waals surface area contributed by atoms with Crippen molar-refractivity contribution in [1.82, 2.24) is 0 Å². The second kappa shape index (κ2) is 9.89. The van der Waals surface area contributed by atoms with E-state index in [9.17, 15) is 20.1 Å². The summed E-state index contributed by atoms with van der Waals surface area (Å²) in [5.41, 5.74) is 8.01. The number of nitrogen functional groups attached to an aromatic ring is 1. The molecule has 2 aromatic carbocycles. The molecule has 0 spiro atoms. The van der Waals surface area contributed by atoms with Crippen LogP contribution < -0.4 is 15.9 Å². The van der Waals surface area contributed by atoms with Crippen molar-refractivity contribution >= 4 is 16.7 Å². The standard InChI is InChI=1S/C27H33NO7/c1-4-19(29)22-13-20(30)25-23(34-22)14-21-17(26(25)32)12-24(31)27(2,35-21)9-7-15-5-6-18(28)16(11-15)8-10-33-3/h5-6,11,13-14,19,24,29,31-32H,4,7-10,12,28H2,1-3H3/t19-,24-,27+/m1/s1. The van der Waals surface area contributed by atoms with E-state index in [1.54, 1.807) is 20.1 Å². The summed E-state index contributed by atoms with van der Waals surface area (Å²) in [6.07, 6.45) is 0.563. The average molecular weight is 484 g/mol. The summed E-state index contributed by atoms with van der Waals surface area (Å²) in [6.45, 7) is 4.18. The normalized spacial score (nSPS) is 20.4. The molecule has 2 heterocycles. The van der Waals surface area contributed by atoms with Crippen LogP contribution in [0.15, 0.2) is 39.5 Å². The Bertz CT molecular complexity index is 1280. The number of ether oxygens (including phenoxy) is 2. The van der Waals surface area contributed by atoms with Crippen molar-refractivity contribution in [2.45, 2.75) is 63.8 Å². The van der Waals surface area contributed by atoms with Gasteiger partial charge in [-0.3, -0.25) is 4.79 Å². The van der Waals surface area contributed by atoms with Crippen LogP contribution in [0.1, 0.15) is 55.2 Å². The van der Waals surface area contributed by atoms with Gasteiger partial charge in [-0.05, 0) is 49.8 Å². The lowest BCUT2D eigenvalue weighted by molar-refractivity contribution is -0.0595. The van der Waals surface area contributed by atoms with E-state index in [0.29, 0.717) is 43.6 Å². The van der Waals surface area contributed by atoms with Crippen molar-refractivity contribution < 1.29 is 29.2 Å². The lowest BCUT2D eigenvalue weighted by atomic mass is 9.84. The average Bonchev–Trinajstić information content (AvgIpc) is 2.83. The number of rotatable bonds is 8. The van der Waals surface area contributed by atoms with E-state index in [0.717, 1.165) is 16.8 Å². The van der Waals surface area contributed by atoms with Gasteiger partial charge in [-0.2, -0.15) is 0 Å². The number of methoxy groups -OCH3 is 1.